The minimum Gasteiger partial charge on any atom is -0.334 e. The number of hydrogen-bond donors (Lipinski definition) is 2. The van der Waals surface area contributed by atoms with Crippen molar-refractivity contribution in [2.45, 2.75) is 43.5 Å². The van der Waals surface area contributed by atoms with Gasteiger partial charge in [0.2, 0.25) is 5.16 Å². The molecular formula is C15H20N6S. The predicted molar refractivity (Wildman–Crippen MR) is 90.4 cm³/mol. The third kappa shape index (κ3) is 3.59. The highest BCUT2D eigenvalue weighted by atomic mass is 32.2. The summed E-state index contributed by atoms with van der Waals surface area (Å²) in [5, 5.41) is 13.2. The molecule has 1 aliphatic rings. The second-order valence-corrected chi connectivity index (χ2v) is 6.39. The fourth-order valence-corrected chi connectivity index (χ4v) is 3.22. The lowest BCUT2D eigenvalue weighted by atomic mass is 10.2. The van der Waals surface area contributed by atoms with Crippen molar-refractivity contribution in [1.29, 1.82) is 0 Å². The van der Waals surface area contributed by atoms with Crippen LogP contribution in [0.15, 0.2) is 34.5 Å². The molecule has 0 bridgehead atoms. The molecule has 0 atom stereocenters. The van der Waals surface area contributed by atoms with E-state index in [2.05, 4.69) is 51.9 Å². The number of hydrazone groups is 1. The maximum Gasteiger partial charge on any atom is 0.264 e. The Hall–Kier alpha value is -2.02. The molecule has 1 aromatic carbocycles. The molecule has 0 spiro atoms. The van der Waals surface area contributed by atoms with Crippen LogP contribution in [-0.4, -0.2) is 20.6 Å². The SMILES string of the molecule is Cc1cccc(CSc2nnc(NN=C3CCCC3)n2N)c1. The highest BCUT2D eigenvalue weighted by Gasteiger charge is 2.12. The average Bonchev–Trinajstić information content (AvgIpc) is 3.14. The highest BCUT2D eigenvalue weighted by Crippen LogP contribution is 2.22. The molecule has 22 heavy (non-hydrogen) atoms. The number of rotatable bonds is 5. The molecule has 1 fully saturated rings. The van der Waals surface area contributed by atoms with Crippen molar-refractivity contribution >= 4 is 23.4 Å². The van der Waals surface area contributed by atoms with Crippen molar-refractivity contribution in [1.82, 2.24) is 14.9 Å². The van der Waals surface area contributed by atoms with Gasteiger partial charge in [0.25, 0.3) is 5.95 Å². The number of nitrogens with zero attached hydrogens (tertiary/aromatic N) is 4. The molecule has 6 nitrogen and oxygen atoms in total. The van der Waals surface area contributed by atoms with Crippen LogP contribution in [0.1, 0.15) is 36.8 Å². The molecule has 116 valence electrons. The lowest BCUT2D eigenvalue weighted by Crippen LogP contribution is -2.13. The van der Waals surface area contributed by atoms with Crippen LogP contribution in [0.4, 0.5) is 5.95 Å². The first kappa shape index (κ1) is 14.9. The Morgan fingerprint density at radius 2 is 2.14 bits per heavy atom. The summed E-state index contributed by atoms with van der Waals surface area (Å²) in [6, 6.07) is 8.41. The number of aromatic nitrogens is 3. The second kappa shape index (κ2) is 6.83. The molecule has 1 aromatic heterocycles. The van der Waals surface area contributed by atoms with Crippen LogP contribution in [0.25, 0.3) is 0 Å². The van der Waals surface area contributed by atoms with Gasteiger partial charge in [0.05, 0.1) is 0 Å². The molecule has 7 heteroatoms. The maximum absolute atomic E-state index is 6.02. The third-order valence-electron chi connectivity index (χ3n) is 3.61. The van der Waals surface area contributed by atoms with Crippen LogP contribution in [0.5, 0.6) is 0 Å². The Balaban J connectivity index is 1.61. The van der Waals surface area contributed by atoms with Gasteiger partial charge >= 0.3 is 0 Å². The van der Waals surface area contributed by atoms with Crippen LogP contribution >= 0.6 is 11.8 Å². The molecule has 0 unspecified atom stereocenters. The van der Waals surface area contributed by atoms with E-state index in [-0.39, 0.29) is 0 Å². The minimum absolute atomic E-state index is 0.478. The van der Waals surface area contributed by atoms with Gasteiger partial charge in [-0.1, -0.05) is 41.6 Å². The molecule has 3 N–H and O–H groups in total. The van der Waals surface area contributed by atoms with Gasteiger partial charge in [-0.2, -0.15) is 5.10 Å². The van der Waals surface area contributed by atoms with Crippen LogP contribution < -0.4 is 11.3 Å². The van der Waals surface area contributed by atoms with Crippen molar-refractivity contribution < 1.29 is 0 Å². The fraction of sp³-hybridized carbons (Fsp3) is 0.400. The number of nitrogens with one attached hydrogen (secondary N) is 1. The van der Waals surface area contributed by atoms with Gasteiger partial charge in [-0.25, -0.2) is 10.1 Å². The summed E-state index contributed by atoms with van der Waals surface area (Å²) >= 11 is 1.56. The standard InChI is InChI=1S/C15H20N6S/c1-11-5-4-6-12(9-11)10-22-15-20-19-14(21(15)16)18-17-13-7-2-3-8-13/h4-6,9H,2-3,7-8,10,16H2,1H3,(H,18,19). The van der Waals surface area contributed by atoms with E-state index in [4.69, 9.17) is 5.84 Å². The largest absolute Gasteiger partial charge is 0.334 e. The zero-order chi connectivity index (χ0) is 15.4. The molecule has 2 aromatic rings. The Morgan fingerprint density at radius 1 is 1.32 bits per heavy atom. The topological polar surface area (TPSA) is 81.1 Å². The summed E-state index contributed by atoms with van der Waals surface area (Å²) in [5.74, 6) is 7.31. The normalized spacial score (nSPS) is 14.3. The molecule has 1 saturated carbocycles. The molecule has 1 heterocycles. The molecule has 0 aliphatic heterocycles. The van der Waals surface area contributed by atoms with E-state index in [1.807, 2.05) is 0 Å². The summed E-state index contributed by atoms with van der Waals surface area (Å²) < 4.78 is 1.46. The van der Waals surface area contributed by atoms with Gasteiger partial charge in [0, 0.05) is 11.5 Å². The minimum atomic E-state index is 0.478. The fourth-order valence-electron chi connectivity index (χ4n) is 2.43. The number of anilines is 1. The van der Waals surface area contributed by atoms with Gasteiger partial charge in [0.1, 0.15) is 0 Å². The van der Waals surface area contributed by atoms with E-state index in [1.54, 1.807) is 11.8 Å². The van der Waals surface area contributed by atoms with E-state index in [0.717, 1.165) is 18.6 Å². The monoisotopic (exact) mass is 316 g/mol. The molecular weight excluding hydrogens is 296 g/mol. The van der Waals surface area contributed by atoms with Crippen LogP contribution in [-0.2, 0) is 5.75 Å². The smallest absolute Gasteiger partial charge is 0.264 e. The Bertz CT molecular complexity index is 670. The van der Waals surface area contributed by atoms with E-state index in [9.17, 15) is 0 Å². The van der Waals surface area contributed by atoms with Crippen LogP contribution in [0.2, 0.25) is 0 Å². The first-order chi connectivity index (χ1) is 10.7. The summed E-state index contributed by atoms with van der Waals surface area (Å²) in [6.45, 7) is 2.09. The molecule has 0 amide bonds. The van der Waals surface area contributed by atoms with Crippen LogP contribution in [0.3, 0.4) is 0 Å². The average molecular weight is 316 g/mol. The number of nitrogen functional groups attached to an aromatic ring is 1. The number of nitrogens with two attached hydrogens (primary N) is 1. The molecule has 1 aliphatic carbocycles. The summed E-state index contributed by atoms with van der Waals surface area (Å²) in [7, 11) is 0. The number of thioether (sulfide) groups is 1. The zero-order valence-electron chi connectivity index (χ0n) is 12.6. The number of aryl methyl sites for hydroxylation is 1. The van der Waals surface area contributed by atoms with E-state index >= 15 is 0 Å². The lowest BCUT2D eigenvalue weighted by Gasteiger charge is -2.04. The summed E-state index contributed by atoms with van der Waals surface area (Å²) in [5.41, 5.74) is 6.60. The number of hydrogen-bond acceptors (Lipinski definition) is 6. The van der Waals surface area contributed by atoms with E-state index in [1.165, 1.54) is 34.4 Å². The van der Waals surface area contributed by atoms with Gasteiger partial charge in [-0.3, -0.25) is 0 Å². The van der Waals surface area contributed by atoms with Gasteiger partial charge in [-0.15, -0.1) is 10.2 Å². The van der Waals surface area contributed by atoms with Crippen molar-refractivity contribution in [2.24, 2.45) is 5.10 Å². The predicted octanol–water partition coefficient (Wildman–Crippen LogP) is 2.93. The van der Waals surface area contributed by atoms with Crippen LogP contribution in [0, 0.1) is 6.92 Å². The first-order valence-electron chi connectivity index (χ1n) is 7.42. The molecule has 0 saturated heterocycles. The first-order valence-corrected chi connectivity index (χ1v) is 8.41. The Morgan fingerprint density at radius 3 is 2.91 bits per heavy atom. The van der Waals surface area contributed by atoms with Gasteiger partial charge < -0.3 is 5.84 Å². The Labute approximate surface area is 134 Å². The maximum atomic E-state index is 6.02. The molecule has 3 rings (SSSR count). The van der Waals surface area contributed by atoms with Gasteiger partial charge in [-0.05, 0) is 38.2 Å². The van der Waals surface area contributed by atoms with Gasteiger partial charge in [0.15, 0.2) is 0 Å². The second-order valence-electron chi connectivity index (χ2n) is 5.45. The third-order valence-corrected chi connectivity index (χ3v) is 4.62. The zero-order valence-corrected chi connectivity index (χ0v) is 13.4. The lowest BCUT2D eigenvalue weighted by molar-refractivity contribution is 0.846. The van der Waals surface area contributed by atoms with Crippen molar-refractivity contribution in [3.8, 4) is 0 Å². The summed E-state index contributed by atoms with van der Waals surface area (Å²) in [4.78, 5) is 0. The Kier molecular flexibility index (Phi) is 4.62. The molecule has 0 radical (unpaired) electrons. The highest BCUT2D eigenvalue weighted by molar-refractivity contribution is 7.98. The van der Waals surface area contributed by atoms with Crippen molar-refractivity contribution in [2.75, 3.05) is 11.3 Å². The quantitative estimate of drug-likeness (QED) is 0.503. The van der Waals surface area contributed by atoms with E-state index in [0.29, 0.717) is 11.1 Å². The van der Waals surface area contributed by atoms with Crippen molar-refractivity contribution in [3.63, 3.8) is 0 Å². The van der Waals surface area contributed by atoms with E-state index < -0.39 is 0 Å². The number of benzene rings is 1. The summed E-state index contributed by atoms with van der Waals surface area (Å²) in [6.07, 6.45) is 4.54. The van der Waals surface area contributed by atoms with Crippen molar-refractivity contribution in [3.05, 3.63) is 35.4 Å².